The van der Waals surface area contributed by atoms with Gasteiger partial charge in [-0.3, -0.25) is 10.1 Å². The maximum atomic E-state index is 10.9. The number of methoxy groups -OCH3 is 1. The SMILES string of the molecule is COc1ccc([N+](=O)[O-])c(NCC2(O)CCCC2)n1. The van der Waals surface area contributed by atoms with E-state index in [4.69, 9.17) is 4.74 Å². The summed E-state index contributed by atoms with van der Waals surface area (Å²) in [5.74, 6) is 0.427. The van der Waals surface area contributed by atoms with E-state index in [2.05, 4.69) is 10.3 Å². The molecule has 1 heterocycles. The van der Waals surface area contributed by atoms with Crippen molar-refractivity contribution in [3.63, 3.8) is 0 Å². The summed E-state index contributed by atoms with van der Waals surface area (Å²) in [5, 5.41) is 24.0. The third-order valence-corrected chi connectivity index (χ3v) is 3.37. The van der Waals surface area contributed by atoms with Crippen molar-refractivity contribution in [2.24, 2.45) is 0 Å². The Morgan fingerprint density at radius 2 is 2.21 bits per heavy atom. The molecule has 0 amide bonds. The van der Waals surface area contributed by atoms with Crippen LogP contribution in [-0.4, -0.2) is 34.3 Å². The largest absolute Gasteiger partial charge is 0.481 e. The highest BCUT2D eigenvalue weighted by Gasteiger charge is 2.31. The minimum absolute atomic E-state index is 0.123. The van der Waals surface area contributed by atoms with Crippen LogP contribution in [0.4, 0.5) is 11.5 Å². The molecular formula is C12H17N3O4. The van der Waals surface area contributed by atoms with Gasteiger partial charge in [-0.05, 0) is 12.8 Å². The molecular weight excluding hydrogens is 250 g/mol. The lowest BCUT2D eigenvalue weighted by Crippen LogP contribution is -2.33. The lowest BCUT2D eigenvalue weighted by atomic mass is 10.0. The molecule has 2 N–H and O–H groups in total. The summed E-state index contributed by atoms with van der Waals surface area (Å²) < 4.78 is 4.95. The zero-order chi connectivity index (χ0) is 13.9. The Kier molecular flexibility index (Phi) is 3.84. The first-order chi connectivity index (χ1) is 9.04. The van der Waals surface area contributed by atoms with E-state index >= 15 is 0 Å². The molecule has 7 heteroatoms. The van der Waals surface area contributed by atoms with Crippen molar-refractivity contribution in [3.05, 3.63) is 22.2 Å². The molecule has 1 aromatic heterocycles. The Morgan fingerprint density at radius 3 is 2.79 bits per heavy atom. The summed E-state index contributed by atoms with van der Waals surface area (Å²) in [7, 11) is 1.45. The molecule has 1 fully saturated rings. The zero-order valence-electron chi connectivity index (χ0n) is 10.8. The summed E-state index contributed by atoms with van der Waals surface area (Å²) >= 11 is 0. The van der Waals surface area contributed by atoms with Gasteiger partial charge in [-0.15, -0.1) is 0 Å². The Hall–Kier alpha value is -1.89. The average molecular weight is 267 g/mol. The molecule has 104 valence electrons. The zero-order valence-corrected chi connectivity index (χ0v) is 10.8. The number of hydrogen-bond acceptors (Lipinski definition) is 6. The number of aliphatic hydroxyl groups is 1. The topological polar surface area (TPSA) is 97.5 Å². The van der Waals surface area contributed by atoms with Crippen LogP contribution in [0, 0.1) is 10.1 Å². The first kappa shape index (κ1) is 13.5. The van der Waals surface area contributed by atoms with E-state index in [-0.39, 0.29) is 18.1 Å². The van der Waals surface area contributed by atoms with E-state index in [1.165, 1.54) is 19.2 Å². The number of anilines is 1. The summed E-state index contributed by atoms with van der Waals surface area (Å²) in [6.45, 7) is 0.258. The molecule has 19 heavy (non-hydrogen) atoms. The van der Waals surface area contributed by atoms with E-state index in [1.54, 1.807) is 0 Å². The minimum atomic E-state index is -0.793. The van der Waals surface area contributed by atoms with E-state index in [1.807, 2.05) is 0 Å². The Morgan fingerprint density at radius 1 is 1.53 bits per heavy atom. The first-order valence-corrected chi connectivity index (χ1v) is 6.20. The number of hydrogen-bond donors (Lipinski definition) is 2. The molecule has 1 aromatic rings. The van der Waals surface area contributed by atoms with Gasteiger partial charge >= 0.3 is 5.69 Å². The van der Waals surface area contributed by atoms with Gasteiger partial charge in [-0.1, -0.05) is 12.8 Å². The van der Waals surface area contributed by atoms with Crippen molar-refractivity contribution in [1.29, 1.82) is 0 Å². The number of pyridine rings is 1. The Labute approximate surface area is 110 Å². The summed E-state index contributed by atoms with van der Waals surface area (Å²) in [5.41, 5.74) is -0.916. The van der Waals surface area contributed by atoms with Crippen molar-refractivity contribution < 1.29 is 14.8 Å². The minimum Gasteiger partial charge on any atom is -0.481 e. The maximum absolute atomic E-state index is 10.9. The average Bonchev–Trinajstić information content (AvgIpc) is 2.83. The standard InChI is InChI=1S/C12H17N3O4/c1-19-10-5-4-9(15(17)18)11(14-10)13-8-12(16)6-2-3-7-12/h4-5,16H,2-3,6-8H2,1H3,(H,13,14). The predicted molar refractivity (Wildman–Crippen MR) is 69.4 cm³/mol. The number of rotatable bonds is 5. The lowest BCUT2D eigenvalue weighted by molar-refractivity contribution is -0.384. The van der Waals surface area contributed by atoms with E-state index in [0.29, 0.717) is 18.7 Å². The second-order valence-electron chi connectivity index (χ2n) is 4.76. The van der Waals surface area contributed by atoms with Crippen LogP contribution in [0.3, 0.4) is 0 Å². The molecule has 0 bridgehead atoms. The molecule has 0 saturated heterocycles. The maximum Gasteiger partial charge on any atom is 0.311 e. The van der Waals surface area contributed by atoms with Crippen LogP contribution in [0.25, 0.3) is 0 Å². The van der Waals surface area contributed by atoms with Gasteiger partial charge in [0.2, 0.25) is 11.7 Å². The van der Waals surface area contributed by atoms with Gasteiger partial charge in [0.15, 0.2) is 0 Å². The highest BCUT2D eigenvalue weighted by atomic mass is 16.6. The van der Waals surface area contributed by atoms with Crippen LogP contribution in [0.1, 0.15) is 25.7 Å². The van der Waals surface area contributed by atoms with Crippen LogP contribution in [0.5, 0.6) is 5.88 Å². The van der Waals surface area contributed by atoms with Gasteiger partial charge < -0.3 is 15.2 Å². The third kappa shape index (κ3) is 3.11. The fraction of sp³-hybridized carbons (Fsp3) is 0.583. The van der Waals surface area contributed by atoms with Crippen molar-refractivity contribution in [1.82, 2.24) is 4.98 Å². The molecule has 0 unspecified atom stereocenters. The van der Waals surface area contributed by atoms with Gasteiger partial charge in [-0.25, -0.2) is 0 Å². The van der Waals surface area contributed by atoms with Crippen LogP contribution >= 0.6 is 0 Å². The molecule has 1 aliphatic rings. The summed E-state index contributed by atoms with van der Waals surface area (Å²) in [6.07, 6.45) is 3.37. The quantitative estimate of drug-likeness (QED) is 0.622. The third-order valence-electron chi connectivity index (χ3n) is 3.37. The van der Waals surface area contributed by atoms with Crippen LogP contribution in [-0.2, 0) is 0 Å². The molecule has 2 rings (SSSR count). The molecule has 0 aliphatic heterocycles. The first-order valence-electron chi connectivity index (χ1n) is 6.20. The molecule has 1 saturated carbocycles. The highest BCUT2D eigenvalue weighted by Crippen LogP contribution is 2.31. The number of ether oxygens (including phenoxy) is 1. The fourth-order valence-corrected chi connectivity index (χ4v) is 2.28. The van der Waals surface area contributed by atoms with Crippen molar-refractivity contribution in [2.45, 2.75) is 31.3 Å². The molecule has 7 nitrogen and oxygen atoms in total. The van der Waals surface area contributed by atoms with Crippen LogP contribution < -0.4 is 10.1 Å². The predicted octanol–water partition coefficient (Wildman–Crippen LogP) is 1.72. The lowest BCUT2D eigenvalue weighted by Gasteiger charge is -2.22. The van der Waals surface area contributed by atoms with E-state index in [0.717, 1.165) is 12.8 Å². The smallest absolute Gasteiger partial charge is 0.311 e. The van der Waals surface area contributed by atoms with Crippen LogP contribution in [0.2, 0.25) is 0 Å². The van der Waals surface area contributed by atoms with Gasteiger partial charge in [0.25, 0.3) is 0 Å². The van der Waals surface area contributed by atoms with Crippen molar-refractivity contribution >= 4 is 11.5 Å². The van der Waals surface area contributed by atoms with Crippen molar-refractivity contribution in [3.8, 4) is 5.88 Å². The van der Waals surface area contributed by atoms with Gasteiger partial charge in [0, 0.05) is 18.7 Å². The Bertz CT molecular complexity index is 472. The van der Waals surface area contributed by atoms with E-state index < -0.39 is 10.5 Å². The molecule has 0 aromatic carbocycles. The Balaban J connectivity index is 2.15. The van der Waals surface area contributed by atoms with Gasteiger partial charge in [0.1, 0.15) is 0 Å². The fourth-order valence-electron chi connectivity index (χ4n) is 2.28. The number of nitro groups is 1. The summed E-state index contributed by atoms with van der Waals surface area (Å²) in [4.78, 5) is 14.4. The van der Waals surface area contributed by atoms with Crippen molar-refractivity contribution in [2.75, 3.05) is 19.0 Å². The molecule has 0 spiro atoms. The highest BCUT2D eigenvalue weighted by molar-refractivity contribution is 5.57. The second kappa shape index (κ2) is 5.40. The number of nitrogens with zero attached hydrogens (tertiary/aromatic N) is 2. The molecule has 0 atom stereocenters. The molecule has 0 radical (unpaired) electrons. The normalized spacial score (nSPS) is 17.2. The monoisotopic (exact) mass is 267 g/mol. The number of nitrogens with one attached hydrogen (secondary N) is 1. The summed E-state index contributed by atoms with van der Waals surface area (Å²) in [6, 6.07) is 2.78. The van der Waals surface area contributed by atoms with Gasteiger partial charge in [-0.2, -0.15) is 4.98 Å². The van der Waals surface area contributed by atoms with Gasteiger partial charge in [0.05, 0.1) is 17.6 Å². The van der Waals surface area contributed by atoms with E-state index in [9.17, 15) is 15.2 Å². The second-order valence-corrected chi connectivity index (χ2v) is 4.76. The molecule has 1 aliphatic carbocycles. The van der Waals surface area contributed by atoms with Crippen LogP contribution in [0.15, 0.2) is 12.1 Å². The number of aromatic nitrogens is 1.